The second kappa shape index (κ2) is 10.0. The highest BCUT2D eigenvalue weighted by Crippen LogP contribution is 2.38. The lowest BCUT2D eigenvalue weighted by atomic mass is 9.71. The van der Waals surface area contributed by atoms with E-state index in [1.807, 2.05) is 41.3 Å². The molecular weight excluding hydrogens is 439 g/mol. The fourth-order valence-corrected chi connectivity index (χ4v) is 5.61. The van der Waals surface area contributed by atoms with Crippen LogP contribution in [-0.4, -0.2) is 29.8 Å². The first-order valence-electron chi connectivity index (χ1n) is 12.5. The number of nitrogens with one attached hydrogen (secondary N) is 1. The van der Waals surface area contributed by atoms with Gasteiger partial charge in [-0.1, -0.05) is 66.7 Å². The molecule has 1 heterocycles. The van der Waals surface area contributed by atoms with E-state index in [0.717, 1.165) is 24.0 Å². The smallest absolute Gasteiger partial charge is 0.231 e. The lowest BCUT2D eigenvalue weighted by molar-refractivity contribution is -0.137. The molecule has 1 saturated heterocycles. The van der Waals surface area contributed by atoms with Crippen LogP contribution in [0.5, 0.6) is 0 Å². The Morgan fingerprint density at radius 1 is 0.914 bits per heavy atom. The van der Waals surface area contributed by atoms with Crippen molar-refractivity contribution >= 4 is 11.8 Å². The monoisotopic (exact) mass is 470 g/mol. The van der Waals surface area contributed by atoms with Crippen LogP contribution < -0.4 is 5.32 Å². The fraction of sp³-hybridized carbons (Fsp3) is 0.333. The van der Waals surface area contributed by atoms with E-state index in [1.165, 1.54) is 23.3 Å². The molecule has 5 heteroatoms. The van der Waals surface area contributed by atoms with Crippen molar-refractivity contribution in [1.29, 1.82) is 0 Å². The van der Waals surface area contributed by atoms with Gasteiger partial charge in [-0.2, -0.15) is 0 Å². The van der Waals surface area contributed by atoms with Crippen molar-refractivity contribution in [2.45, 2.75) is 50.0 Å². The molecule has 0 aromatic heterocycles. The van der Waals surface area contributed by atoms with Gasteiger partial charge in [0.25, 0.3) is 0 Å². The number of piperidine rings is 1. The Kier molecular flexibility index (Phi) is 6.67. The largest absolute Gasteiger partial charge is 0.349 e. The third-order valence-corrected chi connectivity index (χ3v) is 7.71. The number of carbonyl (C=O) groups is 2. The van der Waals surface area contributed by atoms with Crippen molar-refractivity contribution < 1.29 is 14.0 Å². The zero-order valence-electron chi connectivity index (χ0n) is 19.9. The van der Waals surface area contributed by atoms with E-state index in [1.54, 1.807) is 12.1 Å². The Morgan fingerprint density at radius 2 is 1.60 bits per heavy atom. The van der Waals surface area contributed by atoms with Crippen LogP contribution in [0.25, 0.3) is 0 Å². The van der Waals surface area contributed by atoms with Gasteiger partial charge in [0.15, 0.2) is 0 Å². The second-order valence-corrected chi connectivity index (χ2v) is 9.72. The van der Waals surface area contributed by atoms with Crippen LogP contribution in [0, 0.1) is 5.82 Å². The average Bonchev–Trinajstić information content (AvgIpc) is 3.31. The Balaban J connectivity index is 1.28. The number of likely N-dealkylation sites (tertiary alicyclic amines) is 1. The third-order valence-electron chi connectivity index (χ3n) is 7.71. The summed E-state index contributed by atoms with van der Waals surface area (Å²) in [5.74, 6) is -0.127. The minimum absolute atomic E-state index is 0.0367. The van der Waals surface area contributed by atoms with Gasteiger partial charge < -0.3 is 10.2 Å². The van der Waals surface area contributed by atoms with E-state index in [-0.39, 0.29) is 23.7 Å². The van der Waals surface area contributed by atoms with Crippen molar-refractivity contribution in [3.8, 4) is 0 Å². The highest BCUT2D eigenvalue weighted by Gasteiger charge is 2.44. The molecule has 0 saturated carbocycles. The van der Waals surface area contributed by atoms with Crippen LogP contribution in [0.1, 0.15) is 54.0 Å². The molecule has 35 heavy (non-hydrogen) atoms. The quantitative estimate of drug-likeness (QED) is 0.544. The van der Waals surface area contributed by atoms with Crippen LogP contribution in [0.3, 0.4) is 0 Å². The third kappa shape index (κ3) is 4.86. The molecule has 2 amide bonds. The summed E-state index contributed by atoms with van der Waals surface area (Å²) in [6, 6.07) is 24.7. The molecule has 2 aliphatic rings. The molecule has 3 aromatic rings. The highest BCUT2D eigenvalue weighted by molar-refractivity contribution is 5.89. The maximum atomic E-state index is 13.9. The summed E-state index contributed by atoms with van der Waals surface area (Å²) in [6.07, 6.45) is 4.06. The number of rotatable bonds is 6. The number of hydrogen-bond donors (Lipinski definition) is 1. The number of fused-ring (bicyclic) bond motifs is 1. The number of halogens is 1. The average molecular weight is 471 g/mol. The predicted octanol–water partition coefficient (Wildman–Crippen LogP) is 5.12. The van der Waals surface area contributed by atoms with Gasteiger partial charge in [-0.25, -0.2) is 4.39 Å². The van der Waals surface area contributed by atoms with Crippen LogP contribution in [0.4, 0.5) is 4.39 Å². The molecule has 1 aliphatic carbocycles. The molecule has 3 aromatic carbocycles. The zero-order valence-corrected chi connectivity index (χ0v) is 19.9. The summed E-state index contributed by atoms with van der Waals surface area (Å²) in [7, 11) is 0. The second-order valence-electron chi connectivity index (χ2n) is 9.72. The molecule has 180 valence electrons. The maximum absolute atomic E-state index is 13.9. The molecule has 1 atom stereocenters. The topological polar surface area (TPSA) is 49.4 Å². The number of carbonyl (C=O) groups excluding carboxylic acids is 2. The SMILES string of the molecule is O=C(CCc1ccc(F)cc1)N1CCC(C(=O)NC2CCc3ccccc32)(c2ccccc2)CC1. The van der Waals surface area contributed by atoms with E-state index in [2.05, 4.69) is 23.5 Å². The lowest BCUT2D eigenvalue weighted by Crippen LogP contribution is -2.53. The van der Waals surface area contributed by atoms with E-state index in [9.17, 15) is 14.0 Å². The number of amides is 2. The number of nitrogens with zero attached hydrogens (tertiary/aromatic N) is 1. The van der Waals surface area contributed by atoms with Gasteiger partial charge >= 0.3 is 0 Å². The number of hydrogen-bond acceptors (Lipinski definition) is 2. The van der Waals surface area contributed by atoms with Crippen LogP contribution >= 0.6 is 0 Å². The standard InChI is InChI=1S/C30H31FN2O2/c31-25-14-10-22(11-15-25)12-17-28(34)33-20-18-30(19-21-33,24-7-2-1-3-8-24)29(35)32-27-16-13-23-6-4-5-9-26(23)27/h1-11,14-15,27H,12-13,16-21H2,(H,32,35). The molecule has 0 bridgehead atoms. The van der Waals surface area contributed by atoms with Gasteiger partial charge in [0, 0.05) is 19.5 Å². The van der Waals surface area contributed by atoms with E-state index in [0.29, 0.717) is 38.8 Å². The van der Waals surface area contributed by atoms with Gasteiger partial charge in [0.2, 0.25) is 11.8 Å². The molecule has 0 spiro atoms. The fourth-order valence-electron chi connectivity index (χ4n) is 5.61. The molecular formula is C30H31FN2O2. The predicted molar refractivity (Wildman–Crippen MR) is 134 cm³/mol. The summed E-state index contributed by atoms with van der Waals surface area (Å²) in [4.78, 5) is 28.7. The van der Waals surface area contributed by atoms with Gasteiger partial charge in [0.05, 0.1) is 11.5 Å². The number of aryl methyl sites for hydroxylation is 2. The van der Waals surface area contributed by atoms with E-state index >= 15 is 0 Å². The van der Waals surface area contributed by atoms with Crippen molar-refractivity contribution in [2.75, 3.05) is 13.1 Å². The Labute approximate surface area is 206 Å². The van der Waals surface area contributed by atoms with Crippen molar-refractivity contribution in [3.63, 3.8) is 0 Å². The molecule has 1 fully saturated rings. The highest BCUT2D eigenvalue weighted by atomic mass is 19.1. The molecule has 5 rings (SSSR count). The minimum atomic E-state index is -0.646. The van der Waals surface area contributed by atoms with Crippen LogP contribution in [-0.2, 0) is 27.8 Å². The maximum Gasteiger partial charge on any atom is 0.231 e. The van der Waals surface area contributed by atoms with Gasteiger partial charge in [-0.05, 0) is 66.5 Å². The molecule has 1 unspecified atom stereocenters. The lowest BCUT2D eigenvalue weighted by Gasteiger charge is -2.41. The normalized spacial score (nSPS) is 18.7. The van der Waals surface area contributed by atoms with E-state index < -0.39 is 5.41 Å². The summed E-state index contributed by atoms with van der Waals surface area (Å²) in [6.45, 7) is 1.09. The summed E-state index contributed by atoms with van der Waals surface area (Å²) in [5, 5.41) is 3.37. The first kappa shape index (κ1) is 23.3. The Morgan fingerprint density at radius 3 is 2.34 bits per heavy atom. The van der Waals surface area contributed by atoms with Crippen molar-refractivity contribution in [1.82, 2.24) is 10.2 Å². The minimum Gasteiger partial charge on any atom is -0.349 e. The zero-order chi connectivity index (χ0) is 24.3. The van der Waals surface area contributed by atoms with Crippen LogP contribution in [0.2, 0.25) is 0 Å². The number of benzene rings is 3. The first-order valence-corrected chi connectivity index (χ1v) is 12.5. The van der Waals surface area contributed by atoms with E-state index in [4.69, 9.17) is 0 Å². The summed E-state index contributed by atoms with van der Waals surface area (Å²) in [5.41, 5.74) is 3.85. The molecule has 1 aliphatic heterocycles. The van der Waals surface area contributed by atoms with Gasteiger partial charge in [-0.3, -0.25) is 9.59 Å². The Bertz CT molecular complexity index is 1180. The Hall–Kier alpha value is -3.47. The molecule has 0 radical (unpaired) electrons. The van der Waals surface area contributed by atoms with Gasteiger partial charge in [-0.15, -0.1) is 0 Å². The van der Waals surface area contributed by atoms with Gasteiger partial charge in [0.1, 0.15) is 5.82 Å². The van der Waals surface area contributed by atoms with Crippen molar-refractivity contribution in [3.05, 3.63) is 107 Å². The van der Waals surface area contributed by atoms with Crippen molar-refractivity contribution in [2.24, 2.45) is 0 Å². The first-order chi connectivity index (χ1) is 17.0. The summed E-state index contributed by atoms with van der Waals surface area (Å²) >= 11 is 0. The summed E-state index contributed by atoms with van der Waals surface area (Å²) < 4.78 is 13.1. The molecule has 4 nitrogen and oxygen atoms in total. The van der Waals surface area contributed by atoms with Crippen LogP contribution in [0.15, 0.2) is 78.9 Å². The molecule has 1 N–H and O–H groups in total.